The van der Waals surface area contributed by atoms with Gasteiger partial charge in [-0.2, -0.15) is 11.8 Å². The Hall–Kier alpha value is -1.00. The number of hydrogen-bond donors (Lipinski definition) is 1. The average Bonchev–Trinajstić information content (AvgIpc) is 2.41. The standard InChI is InChI=1S/C15H23NO2S/c1-5-18-14(17)15(3,16-4)11-19-10-13-9-7-6-8-12(13)2/h6-9,16H,5,10-11H2,1-4H3. The Kier molecular flexibility index (Phi) is 6.38. The third kappa shape index (κ3) is 4.55. The number of carbonyl (C=O) groups excluding carboxylic acids is 1. The van der Waals surface area contributed by atoms with Crippen molar-refractivity contribution in [2.24, 2.45) is 0 Å². The number of likely N-dealkylation sites (N-methyl/N-ethyl adjacent to an activating group) is 1. The first kappa shape index (κ1) is 16.1. The molecule has 0 saturated carbocycles. The molecule has 1 aromatic rings. The largest absolute Gasteiger partial charge is 0.465 e. The van der Waals surface area contributed by atoms with Crippen LogP contribution < -0.4 is 5.32 Å². The zero-order chi connectivity index (χ0) is 14.3. The molecule has 0 saturated heterocycles. The van der Waals surface area contributed by atoms with E-state index in [1.54, 1.807) is 18.8 Å². The van der Waals surface area contributed by atoms with Crippen molar-refractivity contribution in [2.75, 3.05) is 19.4 Å². The van der Waals surface area contributed by atoms with Crippen molar-refractivity contribution in [1.29, 1.82) is 0 Å². The minimum atomic E-state index is -0.622. The summed E-state index contributed by atoms with van der Waals surface area (Å²) < 4.78 is 5.11. The van der Waals surface area contributed by atoms with E-state index in [-0.39, 0.29) is 5.97 Å². The van der Waals surface area contributed by atoms with Crippen LogP contribution in [0.1, 0.15) is 25.0 Å². The molecular formula is C15H23NO2S. The lowest BCUT2D eigenvalue weighted by atomic mass is 10.1. The van der Waals surface area contributed by atoms with Crippen LogP contribution in [-0.4, -0.2) is 30.9 Å². The highest BCUT2D eigenvalue weighted by Crippen LogP contribution is 2.21. The Bertz CT molecular complexity index is 422. The maximum atomic E-state index is 11.9. The van der Waals surface area contributed by atoms with Gasteiger partial charge in [-0.25, -0.2) is 0 Å². The van der Waals surface area contributed by atoms with E-state index in [2.05, 4.69) is 24.4 Å². The van der Waals surface area contributed by atoms with Gasteiger partial charge in [-0.1, -0.05) is 24.3 Å². The number of aryl methyl sites for hydroxylation is 1. The number of hydrogen-bond acceptors (Lipinski definition) is 4. The first-order valence-corrected chi connectivity index (χ1v) is 7.67. The molecular weight excluding hydrogens is 258 g/mol. The van der Waals surface area contributed by atoms with Gasteiger partial charge in [0.25, 0.3) is 0 Å². The molecule has 1 atom stereocenters. The Morgan fingerprint density at radius 3 is 2.68 bits per heavy atom. The second kappa shape index (κ2) is 7.56. The fourth-order valence-electron chi connectivity index (χ4n) is 1.66. The third-order valence-corrected chi connectivity index (χ3v) is 4.48. The van der Waals surface area contributed by atoms with Crippen LogP contribution in [0.5, 0.6) is 0 Å². The van der Waals surface area contributed by atoms with Gasteiger partial charge < -0.3 is 10.1 Å². The van der Waals surface area contributed by atoms with Gasteiger partial charge in [0.05, 0.1) is 6.61 Å². The number of benzene rings is 1. The summed E-state index contributed by atoms with van der Waals surface area (Å²) in [6.07, 6.45) is 0. The van der Waals surface area contributed by atoms with E-state index >= 15 is 0 Å². The van der Waals surface area contributed by atoms with E-state index in [9.17, 15) is 4.79 Å². The van der Waals surface area contributed by atoms with Crippen LogP contribution in [0, 0.1) is 6.92 Å². The highest BCUT2D eigenvalue weighted by Gasteiger charge is 2.32. The molecule has 1 aromatic carbocycles. The molecule has 0 aliphatic heterocycles. The number of esters is 1. The SMILES string of the molecule is CCOC(=O)C(C)(CSCc1ccccc1C)NC. The molecule has 106 valence electrons. The molecule has 0 spiro atoms. The predicted molar refractivity (Wildman–Crippen MR) is 81.4 cm³/mol. The third-order valence-electron chi connectivity index (χ3n) is 3.19. The van der Waals surface area contributed by atoms with E-state index in [1.165, 1.54) is 11.1 Å². The van der Waals surface area contributed by atoms with Crippen LogP contribution >= 0.6 is 11.8 Å². The van der Waals surface area contributed by atoms with Gasteiger partial charge in [0.1, 0.15) is 5.54 Å². The van der Waals surface area contributed by atoms with Crippen LogP contribution in [0.2, 0.25) is 0 Å². The predicted octanol–water partition coefficient (Wildman–Crippen LogP) is 2.77. The number of thioether (sulfide) groups is 1. The molecule has 0 radical (unpaired) electrons. The fraction of sp³-hybridized carbons (Fsp3) is 0.533. The summed E-state index contributed by atoms with van der Waals surface area (Å²) in [6.45, 7) is 6.24. The lowest BCUT2D eigenvalue weighted by Crippen LogP contribution is -2.50. The molecule has 1 unspecified atom stereocenters. The number of rotatable bonds is 7. The van der Waals surface area contributed by atoms with Crippen molar-refractivity contribution < 1.29 is 9.53 Å². The van der Waals surface area contributed by atoms with Gasteiger partial charge in [0.2, 0.25) is 0 Å². The van der Waals surface area contributed by atoms with E-state index in [4.69, 9.17) is 4.74 Å². The quantitative estimate of drug-likeness (QED) is 0.780. The molecule has 1 rings (SSSR count). The number of carbonyl (C=O) groups is 1. The molecule has 3 nitrogen and oxygen atoms in total. The summed E-state index contributed by atoms with van der Waals surface area (Å²) in [7, 11) is 1.80. The van der Waals surface area contributed by atoms with Gasteiger partial charge in [0.15, 0.2) is 0 Å². The van der Waals surface area contributed by atoms with Crippen molar-refractivity contribution in [3.8, 4) is 0 Å². The van der Waals surface area contributed by atoms with Crippen LogP contribution in [-0.2, 0) is 15.3 Å². The van der Waals surface area contributed by atoms with Crippen molar-refractivity contribution >= 4 is 17.7 Å². The Morgan fingerprint density at radius 1 is 1.42 bits per heavy atom. The molecule has 0 aliphatic carbocycles. The maximum absolute atomic E-state index is 11.9. The van der Waals surface area contributed by atoms with Crippen molar-refractivity contribution in [3.63, 3.8) is 0 Å². The molecule has 0 aliphatic rings. The van der Waals surface area contributed by atoms with Crippen LogP contribution in [0.15, 0.2) is 24.3 Å². The lowest BCUT2D eigenvalue weighted by Gasteiger charge is -2.26. The summed E-state index contributed by atoms with van der Waals surface area (Å²) in [5.74, 6) is 1.41. The zero-order valence-corrected chi connectivity index (χ0v) is 13.0. The summed E-state index contributed by atoms with van der Waals surface area (Å²) in [5, 5.41) is 3.07. The topological polar surface area (TPSA) is 38.3 Å². The molecule has 0 amide bonds. The van der Waals surface area contributed by atoms with Crippen LogP contribution in [0.4, 0.5) is 0 Å². The molecule has 0 fully saturated rings. The van der Waals surface area contributed by atoms with Crippen molar-refractivity contribution in [3.05, 3.63) is 35.4 Å². The fourth-order valence-corrected chi connectivity index (χ4v) is 2.98. The number of nitrogens with one attached hydrogen (secondary N) is 1. The summed E-state index contributed by atoms with van der Waals surface area (Å²) in [6, 6.07) is 8.33. The highest BCUT2D eigenvalue weighted by molar-refractivity contribution is 7.98. The molecule has 19 heavy (non-hydrogen) atoms. The van der Waals surface area contributed by atoms with Crippen molar-refractivity contribution in [1.82, 2.24) is 5.32 Å². The van der Waals surface area contributed by atoms with E-state index in [1.807, 2.05) is 26.0 Å². The van der Waals surface area contributed by atoms with E-state index < -0.39 is 5.54 Å². The summed E-state index contributed by atoms with van der Waals surface area (Å²) in [5.41, 5.74) is 1.98. The van der Waals surface area contributed by atoms with Gasteiger partial charge in [-0.15, -0.1) is 0 Å². The Morgan fingerprint density at radius 2 is 2.11 bits per heavy atom. The minimum Gasteiger partial charge on any atom is -0.465 e. The molecule has 1 N–H and O–H groups in total. The minimum absolute atomic E-state index is 0.185. The van der Waals surface area contributed by atoms with Gasteiger partial charge in [-0.05, 0) is 38.9 Å². The monoisotopic (exact) mass is 281 g/mol. The van der Waals surface area contributed by atoms with Crippen LogP contribution in [0.3, 0.4) is 0 Å². The van der Waals surface area contributed by atoms with Gasteiger partial charge in [-0.3, -0.25) is 4.79 Å². The number of ether oxygens (including phenoxy) is 1. The zero-order valence-electron chi connectivity index (χ0n) is 12.2. The second-order valence-electron chi connectivity index (χ2n) is 4.72. The second-order valence-corrected chi connectivity index (χ2v) is 5.71. The normalized spacial score (nSPS) is 13.9. The van der Waals surface area contributed by atoms with Crippen molar-refractivity contribution in [2.45, 2.75) is 32.1 Å². The first-order chi connectivity index (χ1) is 9.03. The highest BCUT2D eigenvalue weighted by atomic mass is 32.2. The maximum Gasteiger partial charge on any atom is 0.326 e. The smallest absolute Gasteiger partial charge is 0.326 e. The average molecular weight is 281 g/mol. The lowest BCUT2D eigenvalue weighted by molar-refractivity contribution is -0.149. The van der Waals surface area contributed by atoms with Gasteiger partial charge in [0, 0.05) is 11.5 Å². The Labute approximate surface area is 120 Å². The van der Waals surface area contributed by atoms with E-state index in [0.29, 0.717) is 12.4 Å². The van der Waals surface area contributed by atoms with Crippen LogP contribution in [0.25, 0.3) is 0 Å². The Balaban J connectivity index is 2.55. The molecule has 0 heterocycles. The summed E-state index contributed by atoms with van der Waals surface area (Å²) >= 11 is 1.74. The molecule has 0 bridgehead atoms. The summed E-state index contributed by atoms with van der Waals surface area (Å²) in [4.78, 5) is 11.9. The van der Waals surface area contributed by atoms with Gasteiger partial charge >= 0.3 is 5.97 Å². The van der Waals surface area contributed by atoms with E-state index in [0.717, 1.165) is 5.75 Å². The molecule has 4 heteroatoms. The molecule has 0 aromatic heterocycles. The first-order valence-electron chi connectivity index (χ1n) is 6.52.